The molecule has 1 aliphatic heterocycles. The molecule has 0 radical (unpaired) electrons. The van der Waals surface area contributed by atoms with Crippen LogP contribution in [0.25, 0.3) is 11.0 Å². The van der Waals surface area contributed by atoms with Gasteiger partial charge in [-0.3, -0.25) is 0 Å². The van der Waals surface area contributed by atoms with Crippen LogP contribution in [-0.2, 0) is 11.3 Å². The van der Waals surface area contributed by atoms with Crippen molar-refractivity contribution >= 4 is 34.4 Å². The van der Waals surface area contributed by atoms with Gasteiger partial charge in [-0.15, -0.1) is 0 Å². The second kappa shape index (κ2) is 11.5. The van der Waals surface area contributed by atoms with Gasteiger partial charge in [0.2, 0.25) is 5.95 Å². The normalized spacial score (nSPS) is 15.3. The standard InChI is InChI=1S/C20H24N6O3.C4H8/c27-20(28)21-7-1-8-26-9-6-15-14-22-19(24-18(15)26)23-16-2-4-17(5-3-16)25-10-12-29-13-11-25;1-2-4-3-1/h2-6,9,14,21H,1,7-8,10-13H2,(H,27,28)(H,22,23,24);1-4H2. The van der Waals surface area contributed by atoms with E-state index in [0.717, 1.165) is 43.0 Å². The lowest BCUT2D eigenvalue weighted by Crippen LogP contribution is -2.36. The first-order valence-electron chi connectivity index (χ1n) is 11.7. The van der Waals surface area contributed by atoms with Crippen LogP contribution in [0.2, 0.25) is 0 Å². The summed E-state index contributed by atoms with van der Waals surface area (Å²) in [6.07, 6.45) is 9.42. The van der Waals surface area contributed by atoms with Gasteiger partial charge in [0.15, 0.2) is 0 Å². The monoisotopic (exact) mass is 452 g/mol. The maximum Gasteiger partial charge on any atom is 0.404 e. The van der Waals surface area contributed by atoms with E-state index in [1.165, 1.54) is 31.4 Å². The molecule has 33 heavy (non-hydrogen) atoms. The van der Waals surface area contributed by atoms with Gasteiger partial charge >= 0.3 is 6.09 Å². The molecule has 2 fully saturated rings. The highest BCUT2D eigenvalue weighted by Gasteiger charge is 2.11. The van der Waals surface area contributed by atoms with Crippen LogP contribution in [0.3, 0.4) is 0 Å². The van der Waals surface area contributed by atoms with Crippen molar-refractivity contribution in [3.63, 3.8) is 0 Å². The predicted molar refractivity (Wildman–Crippen MR) is 129 cm³/mol. The highest BCUT2D eigenvalue weighted by molar-refractivity contribution is 5.77. The molecular formula is C24H32N6O3. The summed E-state index contributed by atoms with van der Waals surface area (Å²) < 4.78 is 7.41. The second-order valence-electron chi connectivity index (χ2n) is 8.25. The summed E-state index contributed by atoms with van der Waals surface area (Å²) in [5.41, 5.74) is 2.92. The van der Waals surface area contributed by atoms with E-state index >= 15 is 0 Å². The third-order valence-electron chi connectivity index (χ3n) is 5.85. The highest BCUT2D eigenvalue weighted by Crippen LogP contribution is 2.22. The molecule has 176 valence electrons. The molecule has 1 amide bonds. The number of carbonyl (C=O) groups is 1. The SMILES string of the molecule is C1CCC1.O=C(O)NCCCn1ccc2cnc(Nc3ccc(N4CCOCC4)cc3)nc21. The molecule has 0 unspecified atom stereocenters. The molecule has 2 aromatic heterocycles. The molecule has 2 aliphatic rings. The van der Waals surface area contributed by atoms with Crippen LogP contribution in [-0.4, -0.2) is 58.6 Å². The van der Waals surface area contributed by atoms with Gasteiger partial charge in [-0.1, -0.05) is 25.7 Å². The minimum Gasteiger partial charge on any atom is -0.465 e. The maximum absolute atomic E-state index is 10.5. The number of hydrogen-bond acceptors (Lipinski definition) is 6. The number of carboxylic acid groups (broad SMARTS) is 1. The molecule has 0 spiro atoms. The Balaban J connectivity index is 0.000000586. The Hall–Kier alpha value is -3.33. The molecular weight excluding hydrogens is 420 g/mol. The molecule has 3 N–H and O–H groups in total. The van der Waals surface area contributed by atoms with Gasteiger partial charge in [-0.25, -0.2) is 9.78 Å². The van der Waals surface area contributed by atoms with Crippen LogP contribution in [0.1, 0.15) is 32.1 Å². The largest absolute Gasteiger partial charge is 0.465 e. The van der Waals surface area contributed by atoms with Crippen molar-refractivity contribution in [2.24, 2.45) is 0 Å². The zero-order valence-corrected chi connectivity index (χ0v) is 18.9. The number of morpholine rings is 1. The quantitative estimate of drug-likeness (QED) is 0.461. The van der Waals surface area contributed by atoms with E-state index in [0.29, 0.717) is 25.5 Å². The molecule has 1 aliphatic carbocycles. The van der Waals surface area contributed by atoms with Crippen molar-refractivity contribution in [2.75, 3.05) is 43.1 Å². The van der Waals surface area contributed by atoms with Crippen molar-refractivity contribution in [2.45, 2.75) is 38.6 Å². The first-order chi connectivity index (χ1) is 16.2. The fourth-order valence-electron chi connectivity index (χ4n) is 3.61. The summed E-state index contributed by atoms with van der Waals surface area (Å²) in [4.78, 5) is 21.9. The Kier molecular flexibility index (Phi) is 7.97. The van der Waals surface area contributed by atoms with Gasteiger partial charge in [0.05, 0.1) is 13.2 Å². The van der Waals surface area contributed by atoms with E-state index < -0.39 is 6.09 Å². The minimum absolute atomic E-state index is 0.403. The minimum atomic E-state index is -1.00. The van der Waals surface area contributed by atoms with Crippen LogP contribution in [0, 0.1) is 0 Å². The predicted octanol–water partition coefficient (Wildman–Crippen LogP) is 4.23. The first kappa shape index (κ1) is 22.8. The van der Waals surface area contributed by atoms with Gasteiger partial charge in [-0.2, -0.15) is 4.98 Å². The lowest BCUT2D eigenvalue weighted by atomic mass is 10.0. The third kappa shape index (κ3) is 6.58. The average Bonchev–Trinajstić information content (AvgIpc) is 3.19. The van der Waals surface area contributed by atoms with Crippen molar-refractivity contribution < 1.29 is 14.6 Å². The van der Waals surface area contributed by atoms with Crippen LogP contribution >= 0.6 is 0 Å². The van der Waals surface area contributed by atoms with E-state index in [4.69, 9.17) is 9.84 Å². The van der Waals surface area contributed by atoms with Gasteiger partial charge in [0.1, 0.15) is 5.65 Å². The maximum atomic E-state index is 10.5. The zero-order chi connectivity index (χ0) is 22.9. The smallest absolute Gasteiger partial charge is 0.404 e. The van der Waals surface area contributed by atoms with E-state index in [1.807, 2.05) is 29.0 Å². The number of fused-ring (bicyclic) bond motifs is 1. The van der Waals surface area contributed by atoms with Gasteiger partial charge in [0.25, 0.3) is 0 Å². The summed E-state index contributed by atoms with van der Waals surface area (Å²) in [5.74, 6) is 0.528. The molecule has 9 nitrogen and oxygen atoms in total. The Morgan fingerprint density at radius 3 is 2.45 bits per heavy atom. The van der Waals surface area contributed by atoms with Crippen molar-refractivity contribution in [1.29, 1.82) is 0 Å². The van der Waals surface area contributed by atoms with E-state index in [1.54, 1.807) is 6.20 Å². The summed E-state index contributed by atoms with van der Waals surface area (Å²) in [7, 11) is 0. The Morgan fingerprint density at radius 2 is 1.79 bits per heavy atom. The lowest BCUT2D eigenvalue weighted by molar-refractivity contribution is 0.122. The number of nitrogens with zero attached hydrogens (tertiary/aromatic N) is 4. The van der Waals surface area contributed by atoms with Crippen LogP contribution < -0.4 is 15.5 Å². The van der Waals surface area contributed by atoms with Crippen LogP contribution in [0.5, 0.6) is 0 Å². The van der Waals surface area contributed by atoms with Crippen LogP contribution in [0.4, 0.5) is 22.1 Å². The van der Waals surface area contributed by atoms with Crippen molar-refractivity contribution in [3.05, 3.63) is 42.7 Å². The molecule has 1 saturated heterocycles. The number of aromatic nitrogens is 3. The Labute approximate surface area is 193 Å². The molecule has 3 aromatic rings. The molecule has 5 rings (SSSR count). The summed E-state index contributed by atoms with van der Waals surface area (Å²) in [6, 6.07) is 10.2. The molecule has 0 atom stereocenters. The number of ether oxygens (including phenoxy) is 1. The van der Waals surface area contributed by atoms with Crippen LogP contribution in [0.15, 0.2) is 42.7 Å². The van der Waals surface area contributed by atoms with Gasteiger partial charge in [-0.05, 0) is 36.8 Å². The molecule has 9 heteroatoms. The second-order valence-corrected chi connectivity index (χ2v) is 8.25. The summed E-state index contributed by atoms with van der Waals surface area (Å²) in [6.45, 7) is 4.42. The van der Waals surface area contributed by atoms with E-state index in [9.17, 15) is 4.79 Å². The first-order valence-corrected chi connectivity index (χ1v) is 11.7. The molecule has 3 heterocycles. The lowest BCUT2D eigenvalue weighted by Gasteiger charge is -2.28. The van der Waals surface area contributed by atoms with Crippen molar-refractivity contribution in [1.82, 2.24) is 19.9 Å². The number of benzene rings is 1. The highest BCUT2D eigenvalue weighted by atomic mass is 16.5. The summed E-state index contributed by atoms with van der Waals surface area (Å²) >= 11 is 0. The fourth-order valence-corrected chi connectivity index (χ4v) is 3.61. The van der Waals surface area contributed by atoms with Gasteiger partial charge < -0.3 is 29.9 Å². The summed E-state index contributed by atoms with van der Waals surface area (Å²) in [5, 5.41) is 15.2. The Morgan fingerprint density at radius 1 is 1.06 bits per heavy atom. The zero-order valence-electron chi connectivity index (χ0n) is 18.9. The number of aryl methyl sites for hydroxylation is 1. The fraction of sp³-hybridized carbons (Fsp3) is 0.458. The number of hydrogen-bond donors (Lipinski definition) is 3. The van der Waals surface area contributed by atoms with E-state index in [-0.39, 0.29) is 0 Å². The number of anilines is 3. The third-order valence-corrected chi connectivity index (χ3v) is 5.85. The number of nitrogens with one attached hydrogen (secondary N) is 2. The van der Waals surface area contributed by atoms with Crippen molar-refractivity contribution in [3.8, 4) is 0 Å². The number of amides is 1. The Bertz CT molecular complexity index is 1020. The molecule has 1 aromatic carbocycles. The van der Waals surface area contributed by atoms with Gasteiger partial charge in [0, 0.05) is 55.3 Å². The number of rotatable bonds is 7. The molecule has 1 saturated carbocycles. The molecule has 0 bridgehead atoms. The topological polar surface area (TPSA) is 105 Å². The van der Waals surface area contributed by atoms with E-state index in [2.05, 4.69) is 37.6 Å². The average molecular weight is 453 g/mol.